The first-order valence-electron chi connectivity index (χ1n) is 5.64. The second-order valence-corrected chi connectivity index (χ2v) is 4.45. The second kappa shape index (κ2) is 5.40. The molecule has 0 saturated heterocycles. The van der Waals surface area contributed by atoms with E-state index in [0.717, 1.165) is 12.2 Å². The molecule has 2 heteroatoms. The third kappa shape index (κ3) is 3.70. The van der Waals surface area contributed by atoms with Crippen LogP contribution < -0.4 is 0 Å². The van der Waals surface area contributed by atoms with Crippen molar-refractivity contribution in [2.75, 3.05) is 0 Å². The average Bonchev–Trinajstić information content (AvgIpc) is 2.07. The number of aliphatic hydroxyl groups is 1. The molecule has 2 nitrogen and oxygen atoms in total. The molecule has 0 spiro atoms. The number of hydrogen-bond donors (Lipinski definition) is 1. The molecule has 1 aliphatic carbocycles. The van der Waals surface area contributed by atoms with Gasteiger partial charge in [0.25, 0.3) is 0 Å². The predicted octanol–water partition coefficient (Wildman–Crippen LogP) is 2.87. The van der Waals surface area contributed by atoms with Crippen molar-refractivity contribution in [3.63, 3.8) is 0 Å². The molecule has 0 unspecified atom stereocenters. The van der Waals surface area contributed by atoms with Gasteiger partial charge in [-0.2, -0.15) is 0 Å². The maximum atomic E-state index is 9.22. The van der Waals surface area contributed by atoms with E-state index in [2.05, 4.69) is 13.0 Å². The normalized spacial score (nSPS) is 26.6. The Labute approximate surface area is 87.0 Å². The highest BCUT2D eigenvalue weighted by Gasteiger charge is 2.17. The first-order valence-corrected chi connectivity index (χ1v) is 5.64. The molecule has 3 atom stereocenters. The summed E-state index contributed by atoms with van der Waals surface area (Å²) in [6.45, 7) is 6.04. The highest BCUT2D eigenvalue weighted by Crippen LogP contribution is 2.26. The van der Waals surface area contributed by atoms with Gasteiger partial charge in [-0.15, -0.1) is 0 Å². The smallest absolute Gasteiger partial charge is 0.0979 e. The Morgan fingerprint density at radius 3 is 2.86 bits per heavy atom. The van der Waals surface area contributed by atoms with Crippen LogP contribution in [0.5, 0.6) is 0 Å². The van der Waals surface area contributed by atoms with Gasteiger partial charge in [0.1, 0.15) is 0 Å². The predicted molar refractivity (Wildman–Crippen MR) is 57.9 cm³/mol. The number of rotatable bonds is 4. The minimum Gasteiger partial charge on any atom is -0.495 e. The van der Waals surface area contributed by atoms with Crippen molar-refractivity contribution in [2.45, 2.75) is 58.7 Å². The Morgan fingerprint density at radius 2 is 2.29 bits per heavy atom. The summed E-state index contributed by atoms with van der Waals surface area (Å²) in [5, 5.41) is 9.22. The highest BCUT2D eigenvalue weighted by atomic mass is 16.5. The number of allylic oxidation sites excluding steroid dienone is 2. The van der Waals surface area contributed by atoms with Gasteiger partial charge in [-0.25, -0.2) is 0 Å². The highest BCUT2D eigenvalue weighted by molar-refractivity contribution is 5.01. The summed E-state index contributed by atoms with van der Waals surface area (Å²) in [6, 6.07) is 0. The SMILES string of the molecule is C[C@H](C[C@@H](C)O)OC1=CCCC[C@H]1C. The lowest BCUT2D eigenvalue weighted by Crippen LogP contribution is -2.18. The summed E-state index contributed by atoms with van der Waals surface area (Å²) < 4.78 is 5.82. The molecule has 0 heterocycles. The molecule has 82 valence electrons. The first kappa shape index (κ1) is 11.6. The Bertz CT molecular complexity index is 196. The molecule has 0 fully saturated rings. The second-order valence-electron chi connectivity index (χ2n) is 4.45. The summed E-state index contributed by atoms with van der Waals surface area (Å²) in [4.78, 5) is 0. The van der Waals surface area contributed by atoms with Crippen LogP contribution >= 0.6 is 0 Å². The van der Waals surface area contributed by atoms with Gasteiger partial charge in [0.2, 0.25) is 0 Å². The summed E-state index contributed by atoms with van der Waals surface area (Å²) in [5.41, 5.74) is 0. The van der Waals surface area contributed by atoms with Crippen molar-refractivity contribution in [2.24, 2.45) is 5.92 Å². The van der Waals surface area contributed by atoms with Gasteiger partial charge in [0, 0.05) is 12.3 Å². The molecular weight excluding hydrogens is 176 g/mol. The molecule has 0 bridgehead atoms. The minimum atomic E-state index is -0.274. The zero-order chi connectivity index (χ0) is 10.6. The molecule has 0 radical (unpaired) electrons. The van der Waals surface area contributed by atoms with E-state index in [-0.39, 0.29) is 12.2 Å². The van der Waals surface area contributed by atoms with Crippen molar-refractivity contribution < 1.29 is 9.84 Å². The first-order chi connectivity index (χ1) is 6.59. The fourth-order valence-electron chi connectivity index (χ4n) is 1.94. The van der Waals surface area contributed by atoms with Gasteiger partial charge in [0.05, 0.1) is 18.0 Å². The number of ether oxygens (including phenoxy) is 1. The maximum Gasteiger partial charge on any atom is 0.0979 e. The van der Waals surface area contributed by atoms with Crippen LogP contribution in [0, 0.1) is 5.92 Å². The van der Waals surface area contributed by atoms with Gasteiger partial charge in [0.15, 0.2) is 0 Å². The van der Waals surface area contributed by atoms with Crippen LogP contribution in [0.3, 0.4) is 0 Å². The zero-order valence-corrected chi connectivity index (χ0v) is 9.49. The van der Waals surface area contributed by atoms with Crippen molar-refractivity contribution in [1.82, 2.24) is 0 Å². The monoisotopic (exact) mass is 198 g/mol. The van der Waals surface area contributed by atoms with E-state index in [9.17, 15) is 5.11 Å². The van der Waals surface area contributed by atoms with E-state index < -0.39 is 0 Å². The molecular formula is C12H22O2. The van der Waals surface area contributed by atoms with E-state index in [1.165, 1.54) is 12.8 Å². The summed E-state index contributed by atoms with van der Waals surface area (Å²) >= 11 is 0. The van der Waals surface area contributed by atoms with E-state index in [4.69, 9.17) is 4.74 Å². The Kier molecular flexibility index (Phi) is 4.46. The molecule has 0 aromatic rings. The zero-order valence-electron chi connectivity index (χ0n) is 9.49. The average molecular weight is 198 g/mol. The molecule has 0 aromatic carbocycles. The number of aliphatic hydroxyl groups excluding tert-OH is 1. The lowest BCUT2D eigenvalue weighted by molar-refractivity contribution is 0.0561. The molecule has 0 amide bonds. The number of hydrogen-bond acceptors (Lipinski definition) is 2. The lowest BCUT2D eigenvalue weighted by atomic mass is 9.95. The van der Waals surface area contributed by atoms with Gasteiger partial charge >= 0.3 is 0 Å². The molecule has 0 aliphatic heterocycles. The Balaban J connectivity index is 2.38. The van der Waals surface area contributed by atoms with Gasteiger partial charge < -0.3 is 9.84 Å². The van der Waals surface area contributed by atoms with Gasteiger partial charge in [-0.05, 0) is 39.2 Å². The molecule has 0 aromatic heterocycles. The fraction of sp³-hybridized carbons (Fsp3) is 0.833. The molecule has 1 rings (SSSR count). The van der Waals surface area contributed by atoms with E-state index in [1.807, 2.05) is 6.92 Å². The summed E-state index contributed by atoms with van der Waals surface area (Å²) in [6.07, 6.45) is 6.41. The lowest BCUT2D eigenvalue weighted by Gasteiger charge is -2.25. The van der Waals surface area contributed by atoms with E-state index >= 15 is 0 Å². The van der Waals surface area contributed by atoms with E-state index in [1.54, 1.807) is 6.92 Å². The third-order valence-electron chi connectivity index (χ3n) is 2.68. The minimum absolute atomic E-state index is 0.127. The Morgan fingerprint density at radius 1 is 1.57 bits per heavy atom. The van der Waals surface area contributed by atoms with Crippen LogP contribution in [0.25, 0.3) is 0 Å². The van der Waals surface area contributed by atoms with Crippen LogP contribution in [-0.2, 0) is 4.74 Å². The largest absolute Gasteiger partial charge is 0.495 e. The molecule has 14 heavy (non-hydrogen) atoms. The van der Waals surface area contributed by atoms with Crippen LogP contribution in [0.4, 0.5) is 0 Å². The molecule has 0 saturated carbocycles. The van der Waals surface area contributed by atoms with Crippen molar-refractivity contribution >= 4 is 0 Å². The molecule has 1 aliphatic rings. The van der Waals surface area contributed by atoms with Crippen LogP contribution in [0.1, 0.15) is 46.5 Å². The Hall–Kier alpha value is -0.500. The standard InChI is InChI=1S/C12H22O2/c1-9-6-4-5-7-12(9)14-11(3)8-10(2)13/h7,9-11,13H,4-6,8H2,1-3H3/t9-,10-,11-/m1/s1. The van der Waals surface area contributed by atoms with Crippen molar-refractivity contribution in [3.05, 3.63) is 11.8 Å². The van der Waals surface area contributed by atoms with Crippen molar-refractivity contribution in [3.8, 4) is 0 Å². The van der Waals surface area contributed by atoms with Gasteiger partial charge in [-0.3, -0.25) is 0 Å². The van der Waals surface area contributed by atoms with E-state index in [0.29, 0.717) is 12.3 Å². The topological polar surface area (TPSA) is 29.5 Å². The van der Waals surface area contributed by atoms with Crippen LogP contribution in [0.15, 0.2) is 11.8 Å². The molecule has 1 N–H and O–H groups in total. The summed E-state index contributed by atoms with van der Waals surface area (Å²) in [7, 11) is 0. The summed E-state index contributed by atoms with van der Waals surface area (Å²) in [5.74, 6) is 1.68. The van der Waals surface area contributed by atoms with Crippen molar-refractivity contribution in [1.29, 1.82) is 0 Å². The van der Waals surface area contributed by atoms with Gasteiger partial charge in [-0.1, -0.05) is 6.92 Å². The third-order valence-corrected chi connectivity index (χ3v) is 2.68. The van der Waals surface area contributed by atoms with Crippen LogP contribution in [-0.4, -0.2) is 17.3 Å². The fourth-order valence-corrected chi connectivity index (χ4v) is 1.94. The quantitative estimate of drug-likeness (QED) is 0.752. The maximum absolute atomic E-state index is 9.22. The van der Waals surface area contributed by atoms with Crippen LogP contribution in [0.2, 0.25) is 0 Å².